The van der Waals surface area contributed by atoms with Crippen molar-refractivity contribution < 1.29 is 19.8 Å². The predicted octanol–water partition coefficient (Wildman–Crippen LogP) is 7.74. The molecule has 0 aliphatic rings. The Morgan fingerprint density at radius 1 is 0.658 bits per heavy atom. The summed E-state index contributed by atoms with van der Waals surface area (Å²) in [4.78, 5) is 34.2. The third kappa shape index (κ3) is 4.78. The number of nitrogens with zero attached hydrogens (tertiary/aromatic N) is 2. The molecule has 6 nitrogen and oxygen atoms in total. The van der Waals surface area contributed by atoms with Crippen molar-refractivity contribution in [3.63, 3.8) is 0 Å². The molecular weight excluding hydrogens is 476 g/mol. The quantitative estimate of drug-likeness (QED) is 0.251. The minimum Gasteiger partial charge on any atom is -0.478 e. The summed E-state index contributed by atoms with van der Waals surface area (Å²) in [5.74, 6) is -2.60. The summed E-state index contributed by atoms with van der Waals surface area (Å²) in [5.41, 5.74) is 5.40. The normalized spacial score (nSPS) is 12.1. The van der Waals surface area contributed by atoms with Crippen LogP contribution in [-0.2, 0) is 10.8 Å². The summed E-state index contributed by atoms with van der Waals surface area (Å²) in [6, 6.07) is 18.3. The minimum atomic E-state index is -1.31. The topological polar surface area (TPSA) is 100 Å². The fourth-order valence-corrected chi connectivity index (χ4v) is 4.66. The first-order valence-corrected chi connectivity index (χ1v) is 12.9. The molecule has 0 bridgehead atoms. The van der Waals surface area contributed by atoms with Crippen molar-refractivity contribution in [2.45, 2.75) is 65.2 Å². The fraction of sp³-hybridized carbons (Fsp3) is 0.312. The van der Waals surface area contributed by atoms with E-state index < -0.39 is 11.9 Å². The van der Waals surface area contributed by atoms with Gasteiger partial charge in [0, 0.05) is 11.1 Å². The van der Waals surface area contributed by atoms with Crippen LogP contribution in [0.25, 0.3) is 33.5 Å². The first kappa shape index (κ1) is 27.0. The van der Waals surface area contributed by atoms with E-state index in [0.717, 1.165) is 40.6 Å². The SMILES string of the molecule is CCC(C)(C)c1ccc(C(C)(C)CC)c2nc(-c3ccc(C(=O)O)c(C(=O)O)c3)c(-c3ccccc3)nc12. The number of aromatic carboxylic acids is 2. The van der Waals surface area contributed by atoms with Crippen LogP contribution in [0.15, 0.2) is 60.7 Å². The Labute approximate surface area is 223 Å². The largest absolute Gasteiger partial charge is 0.478 e. The molecular formula is C32H34N2O4. The van der Waals surface area contributed by atoms with Gasteiger partial charge in [0.25, 0.3) is 0 Å². The molecule has 3 aromatic carbocycles. The van der Waals surface area contributed by atoms with Crippen molar-refractivity contribution in [1.82, 2.24) is 9.97 Å². The van der Waals surface area contributed by atoms with Gasteiger partial charge in [-0.05, 0) is 46.9 Å². The number of hydrogen-bond acceptors (Lipinski definition) is 4. The van der Waals surface area contributed by atoms with Gasteiger partial charge >= 0.3 is 11.9 Å². The number of carboxylic acid groups (broad SMARTS) is 2. The number of benzene rings is 3. The van der Waals surface area contributed by atoms with Gasteiger partial charge in [0.2, 0.25) is 0 Å². The Bertz CT molecular complexity index is 1540. The summed E-state index contributed by atoms with van der Waals surface area (Å²) in [7, 11) is 0. The molecule has 0 aliphatic heterocycles. The van der Waals surface area contributed by atoms with Gasteiger partial charge < -0.3 is 10.2 Å². The van der Waals surface area contributed by atoms with Gasteiger partial charge in [0.15, 0.2) is 0 Å². The molecule has 0 unspecified atom stereocenters. The van der Waals surface area contributed by atoms with Crippen LogP contribution in [0.5, 0.6) is 0 Å². The van der Waals surface area contributed by atoms with Crippen LogP contribution in [0.2, 0.25) is 0 Å². The predicted molar refractivity (Wildman–Crippen MR) is 151 cm³/mol. The van der Waals surface area contributed by atoms with E-state index in [2.05, 4.69) is 53.7 Å². The summed E-state index contributed by atoms with van der Waals surface area (Å²) < 4.78 is 0. The van der Waals surface area contributed by atoms with Crippen molar-refractivity contribution in [1.29, 1.82) is 0 Å². The van der Waals surface area contributed by atoms with Gasteiger partial charge in [-0.1, -0.05) is 90.1 Å². The van der Waals surface area contributed by atoms with E-state index >= 15 is 0 Å². The molecule has 38 heavy (non-hydrogen) atoms. The van der Waals surface area contributed by atoms with Gasteiger partial charge in [-0.25, -0.2) is 19.6 Å². The van der Waals surface area contributed by atoms with E-state index in [1.807, 2.05) is 30.3 Å². The van der Waals surface area contributed by atoms with Crippen LogP contribution in [-0.4, -0.2) is 32.1 Å². The molecule has 0 spiro atoms. The number of hydrogen-bond donors (Lipinski definition) is 2. The number of aromatic nitrogens is 2. The van der Waals surface area contributed by atoms with Gasteiger partial charge in [0.05, 0.1) is 33.5 Å². The van der Waals surface area contributed by atoms with Crippen molar-refractivity contribution in [3.8, 4) is 22.5 Å². The maximum Gasteiger partial charge on any atom is 0.336 e. The van der Waals surface area contributed by atoms with Crippen molar-refractivity contribution >= 4 is 23.0 Å². The highest BCUT2D eigenvalue weighted by molar-refractivity contribution is 6.03. The van der Waals surface area contributed by atoms with E-state index in [1.165, 1.54) is 12.1 Å². The number of rotatable bonds is 8. The Balaban J connectivity index is 2.18. The molecule has 0 radical (unpaired) electrons. The van der Waals surface area contributed by atoms with Crippen LogP contribution in [0, 0.1) is 0 Å². The summed E-state index contributed by atoms with van der Waals surface area (Å²) in [5, 5.41) is 19.3. The molecule has 0 fully saturated rings. The lowest BCUT2D eigenvalue weighted by Crippen LogP contribution is -2.21. The molecule has 4 rings (SSSR count). The second-order valence-electron chi connectivity index (χ2n) is 11.0. The van der Waals surface area contributed by atoms with Crippen molar-refractivity contribution in [3.05, 3.63) is 82.9 Å². The molecule has 0 amide bonds. The molecule has 0 saturated heterocycles. The maximum atomic E-state index is 12.0. The fourth-order valence-electron chi connectivity index (χ4n) is 4.66. The Morgan fingerprint density at radius 2 is 1.13 bits per heavy atom. The highest BCUT2D eigenvalue weighted by atomic mass is 16.4. The molecule has 6 heteroatoms. The standard InChI is InChI=1S/C32H34N2O4/c1-7-31(3,4)23-16-17-24(32(5,6)8-2)28-27(23)33-25(19-12-10-9-11-13-19)26(34-28)20-14-15-21(29(35)36)22(18-20)30(37)38/h9-18H,7-8H2,1-6H3,(H,35,36)(H,37,38). The molecule has 2 N–H and O–H groups in total. The third-order valence-electron chi connectivity index (χ3n) is 7.85. The highest BCUT2D eigenvalue weighted by Gasteiger charge is 2.29. The first-order valence-electron chi connectivity index (χ1n) is 12.9. The molecule has 1 aromatic heterocycles. The van der Waals surface area contributed by atoms with Crippen LogP contribution in [0.1, 0.15) is 86.2 Å². The van der Waals surface area contributed by atoms with Gasteiger partial charge in [0.1, 0.15) is 0 Å². The Morgan fingerprint density at radius 3 is 1.58 bits per heavy atom. The molecule has 0 saturated carbocycles. The van der Waals surface area contributed by atoms with Crippen molar-refractivity contribution in [2.75, 3.05) is 0 Å². The van der Waals surface area contributed by atoms with Crippen LogP contribution >= 0.6 is 0 Å². The molecule has 4 aromatic rings. The second-order valence-corrected chi connectivity index (χ2v) is 11.0. The van der Waals surface area contributed by atoms with Gasteiger partial charge in [-0.3, -0.25) is 0 Å². The first-order chi connectivity index (χ1) is 17.9. The minimum absolute atomic E-state index is 0.142. The van der Waals surface area contributed by atoms with Crippen molar-refractivity contribution in [2.24, 2.45) is 0 Å². The zero-order valence-corrected chi connectivity index (χ0v) is 22.8. The lowest BCUT2D eigenvalue weighted by Gasteiger charge is -2.29. The number of carboxylic acids is 2. The van der Waals surface area contributed by atoms with E-state index in [1.54, 1.807) is 6.07 Å². The van der Waals surface area contributed by atoms with Gasteiger partial charge in [-0.15, -0.1) is 0 Å². The third-order valence-corrected chi connectivity index (χ3v) is 7.85. The highest BCUT2D eigenvalue weighted by Crippen LogP contribution is 2.41. The Kier molecular flexibility index (Phi) is 7.11. The maximum absolute atomic E-state index is 12.0. The summed E-state index contributed by atoms with van der Waals surface area (Å²) in [6.07, 6.45) is 1.81. The van der Waals surface area contributed by atoms with E-state index in [0.29, 0.717) is 17.0 Å². The zero-order chi connectivity index (χ0) is 27.8. The number of fused-ring (bicyclic) bond motifs is 1. The smallest absolute Gasteiger partial charge is 0.336 e. The van der Waals surface area contributed by atoms with Crippen LogP contribution in [0.4, 0.5) is 0 Å². The molecule has 0 atom stereocenters. The average Bonchev–Trinajstić information content (AvgIpc) is 2.91. The monoisotopic (exact) mass is 510 g/mol. The zero-order valence-electron chi connectivity index (χ0n) is 22.8. The number of carbonyl (C=O) groups is 2. The lowest BCUT2D eigenvalue weighted by molar-refractivity contribution is 0.0651. The van der Waals surface area contributed by atoms with E-state index in [4.69, 9.17) is 9.97 Å². The molecule has 196 valence electrons. The second kappa shape index (κ2) is 10.0. The molecule has 0 aliphatic carbocycles. The summed E-state index contributed by atoms with van der Waals surface area (Å²) in [6.45, 7) is 13.1. The lowest BCUT2D eigenvalue weighted by atomic mass is 9.76. The van der Waals surface area contributed by atoms with Crippen LogP contribution < -0.4 is 0 Å². The summed E-state index contributed by atoms with van der Waals surface area (Å²) >= 11 is 0. The van der Waals surface area contributed by atoms with Gasteiger partial charge in [-0.2, -0.15) is 0 Å². The molecule has 1 heterocycles. The Hall–Kier alpha value is -4.06. The van der Waals surface area contributed by atoms with Crippen LogP contribution in [0.3, 0.4) is 0 Å². The van der Waals surface area contributed by atoms with E-state index in [9.17, 15) is 19.8 Å². The average molecular weight is 511 g/mol. The van der Waals surface area contributed by atoms with E-state index in [-0.39, 0.29) is 22.0 Å².